The first-order valence-electron chi connectivity index (χ1n) is 10.7. The molecule has 1 atom stereocenters. The van der Waals surface area contributed by atoms with E-state index in [1.807, 2.05) is 46.5 Å². The van der Waals surface area contributed by atoms with Gasteiger partial charge in [-0.3, -0.25) is 9.59 Å². The van der Waals surface area contributed by atoms with Crippen LogP contribution in [0.25, 0.3) is 10.2 Å². The number of hydrogen-bond donors (Lipinski definition) is 1. The SMILES string of the molecule is CC1CCC(NC(=O)[C@]2(C)Cn3c(cc4sccc43)C(=O)N2Cc2cccs2)CC1. The topological polar surface area (TPSA) is 54.3 Å². The lowest BCUT2D eigenvalue weighted by Crippen LogP contribution is -2.64. The summed E-state index contributed by atoms with van der Waals surface area (Å²) < 4.78 is 3.14. The van der Waals surface area contributed by atoms with Crippen molar-refractivity contribution >= 4 is 44.7 Å². The molecule has 3 aromatic rings. The summed E-state index contributed by atoms with van der Waals surface area (Å²) in [4.78, 5) is 30.1. The fourth-order valence-corrected chi connectivity index (χ4v) is 6.34. The molecule has 0 aromatic carbocycles. The number of carbonyl (C=O) groups is 2. The van der Waals surface area contributed by atoms with E-state index in [9.17, 15) is 9.59 Å². The lowest BCUT2D eigenvalue weighted by atomic mass is 9.86. The minimum atomic E-state index is -0.926. The fraction of sp³-hybridized carbons (Fsp3) is 0.478. The number of fused-ring (bicyclic) bond motifs is 3. The molecule has 158 valence electrons. The molecule has 5 nitrogen and oxygen atoms in total. The van der Waals surface area contributed by atoms with Gasteiger partial charge in [-0.1, -0.05) is 13.0 Å². The quantitative estimate of drug-likeness (QED) is 0.628. The second kappa shape index (κ2) is 7.54. The predicted octanol–water partition coefficient (Wildman–Crippen LogP) is 4.87. The number of amides is 2. The molecule has 30 heavy (non-hydrogen) atoms. The summed E-state index contributed by atoms with van der Waals surface area (Å²) in [6.45, 7) is 5.15. The van der Waals surface area contributed by atoms with Crippen molar-refractivity contribution in [2.75, 3.05) is 0 Å². The van der Waals surface area contributed by atoms with Gasteiger partial charge in [-0.25, -0.2) is 0 Å². The maximum absolute atomic E-state index is 13.6. The third kappa shape index (κ3) is 3.28. The smallest absolute Gasteiger partial charge is 0.271 e. The van der Waals surface area contributed by atoms with Crippen LogP contribution >= 0.6 is 22.7 Å². The molecule has 0 bridgehead atoms. The van der Waals surface area contributed by atoms with Crippen molar-refractivity contribution in [3.63, 3.8) is 0 Å². The van der Waals surface area contributed by atoms with Gasteiger partial charge in [0.2, 0.25) is 5.91 Å². The van der Waals surface area contributed by atoms with Gasteiger partial charge in [0, 0.05) is 10.9 Å². The molecule has 1 saturated carbocycles. The Bertz CT molecular complexity index is 1080. The van der Waals surface area contributed by atoms with Crippen LogP contribution in [-0.4, -0.2) is 32.9 Å². The normalized spacial score (nSPS) is 26.7. The predicted molar refractivity (Wildman–Crippen MR) is 122 cm³/mol. The Morgan fingerprint density at radius 3 is 2.73 bits per heavy atom. The molecule has 4 heterocycles. The molecule has 0 spiro atoms. The Morgan fingerprint density at radius 1 is 1.20 bits per heavy atom. The molecule has 1 aliphatic carbocycles. The molecule has 0 unspecified atom stereocenters. The molecule has 1 aliphatic heterocycles. The number of thiophene rings is 2. The Labute approximate surface area is 184 Å². The number of carbonyl (C=O) groups excluding carboxylic acids is 2. The van der Waals surface area contributed by atoms with Crippen molar-refractivity contribution in [3.8, 4) is 0 Å². The van der Waals surface area contributed by atoms with Crippen molar-refractivity contribution in [2.24, 2.45) is 5.92 Å². The first-order chi connectivity index (χ1) is 14.5. The zero-order valence-corrected chi connectivity index (χ0v) is 19.0. The molecular weight excluding hydrogens is 414 g/mol. The van der Waals surface area contributed by atoms with Crippen molar-refractivity contribution in [1.82, 2.24) is 14.8 Å². The van der Waals surface area contributed by atoms with Crippen molar-refractivity contribution in [3.05, 3.63) is 45.6 Å². The Balaban J connectivity index is 1.50. The summed E-state index contributed by atoms with van der Waals surface area (Å²) in [5.41, 5.74) is 0.806. The molecule has 2 amide bonds. The van der Waals surface area contributed by atoms with Crippen LogP contribution in [-0.2, 0) is 17.9 Å². The van der Waals surface area contributed by atoms with Crippen molar-refractivity contribution in [2.45, 2.75) is 64.2 Å². The van der Waals surface area contributed by atoms with E-state index in [1.54, 1.807) is 27.6 Å². The van der Waals surface area contributed by atoms with Crippen LogP contribution < -0.4 is 5.32 Å². The molecule has 7 heteroatoms. The first-order valence-corrected chi connectivity index (χ1v) is 12.4. The van der Waals surface area contributed by atoms with Crippen LogP contribution in [0.15, 0.2) is 35.0 Å². The summed E-state index contributed by atoms with van der Waals surface area (Å²) in [5, 5.41) is 7.36. The van der Waals surface area contributed by atoms with Gasteiger partial charge < -0.3 is 14.8 Å². The van der Waals surface area contributed by atoms with E-state index in [0.717, 1.165) is 46.7 Å². The lowest BCUT2D eigenvalue weighted by molar-refractivity contribution is -0.134. The summed E-state index contributed by atoms with van der Waals surface area (Å²) in [7, 11) is 0. The highest BCUT2D eigenvalue weighted by Gasteiger charge is 2.48. The van der Waals surface area contributed by atoms with E-state index in [2.05, 4.69) is 12.2 Å². The molecule has 3 aromatic heterocycles. The molecule has 2 aliphatic rings. The van der Waals surface area contributed by atoms with Gasteiger partial charge in [-0.2, -0.15) is 0 Å². The number of nitrogens with one attached hydrogen (secondary N) is 1. The zero-order chi connectivity index (χ0) is 20.9. The standard InChI is InChI=1S/C23H27N3O2S2/c1-15-5-7-16(8-6-15)24-22(28)23(2)14-25-18-9-11-30-20(18)12-19(25)21(27)26(23)13-17-4-3-10-29-17/h3-4,9-12,15-16H,5-8,13-14H2,1-2H3,(H,24,28)/t15?,16?,23-/m0/s1. The van der Waals surface area contributed by atoms with Crippen LogP contribution in [0.1, 0.15) is 54.9 Å². The van der Waals surface area contributed by atoms with E-state index >= 15 is 0 Å². The fourth-order valence-electron chi connectivity index (χ4n) is 4.82. The first kappa shape index (κ1) is 19.8. The molecule has 0 saturated heterocycles. The average Bonchev–Trinajstić information content (AvgIpc) is 3.45. The summed E-state index contributed by atoms with van der Waals surface area (Å²) in [5.74, 6) is 0.636. The largest absolute Gasteiger partial charge is 0.351 e. The number of aromatic nitrogens is 1. The van der Waals surface area contributed by atoms with Crippen molar-refractivity contribution in [1.29, 1.82) is 0 Å². The van der Waals surface area contributed by atoms with Crippen LogP contribution in [0.2, 0.25) is 0 Å². The van der Waals surface area contributed by atoms with Gasteiger partial charge >= 0.3 is 0 Å². The Morgan fingerprint density at radius 2 is 2.00 bits per heavy atom. The van der Waals surface area contributed by atoms with E-state index < -0.39 is 5.54 Å². The minimum Gasteiger partial charge on any atom is -0.351 e. The zero-order valence-electron chi connectivity index (χ0n) is 17.4. The minimum absolute atomic E-state index is 0.0327. The second-order valence-corrected chi connectivity index (χ2v) is 10.9. The molecule has 5 rings (SSSR count). The van der Waals surface area contributed by atoms with Gasteiger partial charge in [-0.05, 0) is 67.5 Å². The van der Waals surface area contributed by atoms with Gasteiger partial charge in [0.1, 0.15) is 11.2 Å². The third-order valence-electron chi connectivity index (χ3n) is 6.78. The van der Waals surface area contributed by atoms with Crippen LogP contribution in [0, 0.1) is 5.92 Å². The molecule has 0 radical (unpaired) electrons. The highest BCUT2D eigenvalue weighted by Crippen LogP contribution is 2.36. The van der Waals surface area contributed by atoms with E-state index in [0.29, 0.717) is 18.8 Å². The Kier molecular flexibility index (Phi) is 4.98. The van der Waals surface area contributed by atoms with Gasteiger partial charge in [-0.15, -0.1) is 22.7 Å². The molecular formula is C23H27N3O2S2. The van der Waals surface area contributed by atoms with E-state index in [1.165, 1.54) is 0 Å². The second-order valence-electron chi connectivity index (χ2n) is 8.96. The monoisotopic (exact) mass is 441 g/mol. The van der Waals surface area contributed by atoms with E-state index in [-0.39, 0.29) is 17.9 Å². The number of nitrogens with zero attached hydrogens (tertiary/aromatic N) is 2. The molecule has 1 N–H and O–H groups in total. The highest BCUT2D eigenvalue weighted by molar-refractivity contribution is 7.17. The average molecular weight is 442 g/mol. The van der Waals surface area contributed by atoms with Gasteiger partial charge in [0.05, 0.1) is 23.3 Å². The summed E-state index contributed by atoms with van der Waals surface area (Å²) in [6, 6.07) is 8.26. The highest BCUT2D eigenvalue weighted by atomic mass is 32.1. The molecule has 1 fully saturated rings. The van der Waals surface area contributed by atoms with Crippen LogP contribution in [0.5, 0.6) is 0 Å². The van der Waals surface area contributed by atoms with E-state index in [4.69, 9.17) is 0 Å². The maximum Gasteiger partial charge on any atom is 0.271 e. The van der Waals surface area contributed by atoms with Crippen molar-refractivity contribution < 1.29 is 9.59 Å². The lowest BCUT2D eigenvalue weighted by Gasteiger charge is -2.44. The Hall–Kier alpha value is -2.12. The third-order valence-corrected chi connectivity index (χ3v) is 8.50. The van der Waals surface area contributed by atoms with Gasteiger partial charge in [0.25, 0.3) is 5.91 Å². The van der Waals surface area contributed by atoms with Gasteiger partial charge in [0.15, 0.2) is 0 Å². The summed E-state index contributed by atoms with van der Waals surface area (Å²) in [6.07, 6.45) is 4.34. The van der Waals surface area contributed by atoms with Crippen LogP contribution in [0.4, 0.5) is 0 Å². The summed E-state index contributed by atoms with van der Waals surface area (Å²) >= 11 is 3.26. The number of hydrogen-bond acceptors (Lipinski definition) is 4. The van der Waals surface area contributed by atoms with Crippen LogP contribution in [0.3, 0.4) is 0 Å². The maximum atomic E-state index is 13.6. The number of rotatable bonds is 4.